The number of nitrogens with two attached hydrogens (primary N) is 1. The van der Waals surface area contributed by atoms with E-state index in [1.54, 1.807) is 0 Å². The van der Waals surface area contributed by atoms with E-state index >= 15 is 0 Å². The van der Waals surface area contributed by atoms with Gasteiger partial charge in [-0.15, -0.1) is 0 Å². The predicted molar refractivity (Wildman–Crippen MR) is 85.3 cm³/mol. The highest BCUT2D eigenvalue weighted by atomic mass is 14.6. The minimum atomic E-state index is 0.385. The van der Waals surface area contributed by atoms with Gasteiger partial charge in [0.1, 0.15) is 0 Å². The van der Waals surface area contributed by atoms with Gasteiger partial charge >= 0.3 is 0 Å². The molecule has 0 heterocycles. The molecule has 0 fully saturated rings. The lowest BCUT2D eigenvalue weighted by Crippen LogP contribution is -2.20. The quantitative estimate of drug-likeness (QED) is 0.552. The second-order valence-corrected chi connectivity index (χ2v) is 5.69. The molecule has 0 bridgehead atoms. The molecule has 1 nitrogen and oxygen atoms in total. The van der Waals surface area contributed by atoms with Crippen molar-refractivity contribution >= 4 is 0 Å². The van der Waals surface area contributed by atoms with Crippen LogP contribution in [-0.2, 0) is 6.42 Å². The summed E-state index contributed by atoms with van der Waals surface area (Å²) >= 11 is 0. The summed E-state index contributed by atoms with van der Waals surface area (Å²) < 4.78 is 0. The van der Waals surface area contributed by atoms with Gasteiger partial charge in [0.2, 0.25) is 0 Å². The van der Waals surface area contributed by atoms with Crippen LogP contribution in [0.5, 0.6) is 0 Å². The van der Waals surface area contributed by atoms with Gasteiger partial charge < -0.3 is 5.73 Å². The second kappa shape index (κ2) is 11.0. The molecule has 1 aromatic carbocycles. The van der Waals surface area contributed by atoms with E-state index in [1.807, 2.05) is 0 Å². The van der Waals surface area contributed by atoms with Crippen LogP contribution in [0.3, 0.4) is 0 Å². The number of hydrogen-bond acceptors (Lipinski definition) is 1. The molecule has 19 heavy (non-hydrogen) atoms. The van der Waals surface area contributed by atoms with Crippen LogP contribution in [0.4, 0.5) is 0 Å². The van der Waals surface area contributed by atoms with E-state index in [-0.39, 0.29) is 0 Å². The Bertz CT molecular complexity index is 294. The number of aryl methyl sites for hydroxylation is 1. The average Bonchev–Trinajstić information content (AvgIpc) is 2.45. The van der Waals surface area contributed by atoms with Crippen molar-refractivity contribution in [3.8, 4) is 0 Å². The summed E-state index contributed by atoms with van der Waals surface area (Å²) in [5.74, 6) is 0. The van der Waals surface area contributed by atoms with Gasteiger partial charge in [0.05, 0.1) is 0 Å². The van der Waals surface area contributed by atoms with Crippen molar-refractivity contribution in [1.29, 1.82) is 0 Å². The Labute approximate surface area is 119 Å². The van der Waals surface area contributed by atoms with Crippen molar-refractivity contribution in [2.75, 3.05) is 0 Å². The highest BCUT2D eigenvalue weighted by molar-refractivity contribution is 5.14. The highest BCUT2D eigenvalue weighted by Gasteiger charge is 2.03. The molecule has 1 atom stereocenters. The van der Waals surface area contributed by atoms with Crippen LogP contribution in [0.15, 0.2) is 30.3 Å². The van der Waals surface area contributed by atoms with Gasteiger partial charge in [0, 0.05) is 6.04 Å². The van der Waals surface area contributed by atoms with E-state index in [0.29, 0.717) is 6.04 Å². The van der Waals surface area contributed by atoms with Crippen LogP contribution in [0.1, 0.15) is 70.3 Å². The largest absolute Gasteiger partial charge is 0.328 e. The smallest absolute Gasteiger partial charge is 0.00419 e. The molecule has 1 aromatic rings. The standard InChI is InChI=1S/C18H31N/c1-2-3-4-5-6-7-11-14-18(19)16-15-17-12-9-8-10-13-17/h8-10,12-13,18H,2-7,11,14-16,19H2,1H3. The molecule has 1 rings (SSSR count). The Kier molecular flexibility index (Phi) is 9.44. The third kappa shape index (κ3) is 8.83. The maximum Gasteiger partial charge on any atom is 0.00419 e. The number of benzene rings is 1. The molecule has 0 aliphatic rings. The van der Waals surface area contributed by atoms with E-state index in [4.69, 9.17) is 5.73 Å². The Morgan fingerprint density at radius 1 is 0.842 bits per heavy atom. The fourth-order valence-corrected chi connectivity index (χ4v) is 2.50. The molecular weight excluding hydrogens is 230 g/mol. The van der Waals surface area contributed by atoms with E-state index in [2.05, 4.69) is 37.3 Å². The topological polar surface area (TPSA) is 26.0 Å². The van der Waals surface area contributed by atoms with Crippen LogP contribution in [-0.4, -0.2) is 6.04 Å². The molecule has 0 amide bonds. The van der Waals surface area contributed by atoms with Gasteiger partial charge in [-0.25, -0.2) is 0 Å². The van der Waals surface area contributed by atoms with Gasteiger partial charge in [0.25, 0.3) is 0 Å². The fourth-order valence-electron chi connectivity index (χ4n) is 2.50. The number of hydrogen-bond donors (Lipinski definition) is 1. The van der Waals surface area contributed by atoms with Crippen molar-refractivity contribution in [1.82, 2.24) is 0 Å². The minimum Gasteiger partial charge on any atom is -0.328 e. The molecule has 0 spiro atoms. The molecule has 0 aliphatic heterocycles. The van der Waals surface area contributed by atoms with Crippen LogP contribution < -0.4 is 5.73 Å². The first-order valence-electron chi connectivity index (χ1n) is 8.12. The summed E-state index contributed by atoms with van der Waals surface area (Å²) in [4.78, 5) is 0. The van der Waals surface area contributed by atoms with Crippen LogP contribution in [0, 0.1) is 0 Å². The Morgan fingerprint density at radius 3 is 2.16 bits per heavy atom. The molecule has 1 unspecified atom stereocenters. The first-order valence-corrected chi connectivity index (χ1v) is 8.12. The number of unbranched alkanes of at least 4 members (excludes halogenated alkanes) is 6. The third-order valence-electron chi connectivity index (χ3n) is 3.83. The van der Waals surface area contributed by atoms with Gasteiger partial charge in [-0.3, -0.25) is 0 Å². The first kappa shape index (κ1) is 16.2. The summed E-state index contributed by atoms with van der Waals surface area (Å²) in [5.41, 5.74) is 7.60. The fraction of sp³-hybridized carbons (Fsp3) is 0.667. The van der Waals surface area contributed by atoms with Gasteiger partial charge in [-0.1, -0.05) is 82.2 Å². The van der Waals surface area contributed by atoms with Crippen molar-refractivity contribution in [3.63, 3.8) is 0 Å². The zero-order valence-corrected chi connectivity index (χ0v) is 12.6. The first-order chi connectivity index (χ1) is 9.33. The lowest BCUT2D eigenvalue weighted by Gasteiger charge is -2.11. The monoisotopic (exact) mass is 261 g/mol. The van der Waals surface area contributed by atoms with Crippen molar-refractivity contribution in [3.05, 3.63) is 35.9 Å². The summed E-state index contributed by atoms with van der Waals surface area (Å²) in [6.45, 7) is 2.27. The summed E-state index contributed by atoms with van der Waals surface area (Å²) in [6.07, 6.45) is 13.1. The molecule has 0 aliphatic carbocycles. The Hall–Kier alpha value is -0.820. The van der Waals surface area contributed by atoms with Crippen LogP contribution in [0.25, 0.3) is 0 Å². The molecule has 0 saturated heterocycles. The Morgan fingerprint density at radius 2 is 1.47 bits per heavy atom. The van der Waals surface area contributed by atoms with Gasteiger partial charge in [-0.2, -0.15) is 0 Å². The predicted octanol–water partition coefficient (Wildman–Crippen LogP) is 5.09. The van der Waals surface area contributed by atoms with E-state index in [9.17, 15) is 0 Å². The SMILES string of the molecule is CCCCCCCCCC(N)CCc1ccccc1. The van der Waals surface area contributed by atoms with Gasteiger partial charge in [-0.05, 0) is 24.8 Å². The molecule has 0 saturated carbocycles. The van der Waals surface area contributed by atoms with Crippen molar-refractivity contribution in [2.45, 2.75) is 77.2 Å². The zero-order valence-electron chi connectivity index (χ0n) is 12.6. The summed E-state index contributed by atoms with van der Waals surface area (Å²) in [7, 11) is 0. The van der Waals surface area contributed by atoms with Crippen LogP contribution >= 0.6 is 0 Å². The van der Waals surface area contributed by atoms with Gasteiger partial charge in [0.15, 0.2) is 0 Å². The van der Waals surface area contributed by atoms with Crippen LogP contribution in [0.2, 0.25) is 0 Å². The minimum absolute atomic E-state index is 0.385. The zero-order chi connectivity index (χ0) is 13.8. The lowest BCUT2D eigenvalue weighted by atomic mass is 10.0. The summed E-state index contributed by atoms with van der Waals surface area (Å²) in [6, 6.07) is 11.1. The second-order valence-electron chi connectivity index (χ2n) is 5.69. The van der Waals surface area contributed by atoms with Crippen molar-refractivity contribution < 1.29 is 0 Å². The van der Waals surface area contributed by atoms with E-state index in [1.165, 1.54) is 56.9 Å². The maximum absolute atomic E-state index is 6.18. The molecule has 2 N–H and O–H groups in total. The average molecular weight is 261 g/mol. The maximum atomic E-state index is 6.18. The van der Waals surface area contributed by atoms with Crippen molar-refractivity contribution in [2.24, 2.45) is 5.73 Å². The lowest BCUT2D eigenvalue weighted by molar-refractivity contribution is 0.510. The molecular formula is C18H31N. The van der Waals surface area contributed by atoms with E-state index < -0.39 is 0 Å². The normalized spacial score (nSPS) is 12.5. The van der Waals surface area contributed by atoms with E-state index in [0.717, 1.165) is 12.8 Å². The summed E-state index contributed by atoms with van der Waals surface area (Å²) in [5, 5.41) is 0. The third-order valence-corrected chi connectivity index (χ3v) is 3.83. The molecule has 1 heteroatoms. The Balaban J connectivity index is 1.95. The number of rotatable bonds is 11. The molecule has 0 aromatic heterocycles. The molecule has 108 valence electrons. The molecule has 0 radical (unpaired) electrons. The highest BCUT2D eigenvalue weighted by Crippen LogP contribution is 2.11.